The molecule has 0 heterocycles. The highest BCUT2D eigenvalue weighted by molar-refractivity contribution is 6.00. The Morgan fingerprint density at radius 3 is 2.45 bits per heavy atom. The van der Waals surface area contributed by atoms with Crippen molar-refractivity contribution in [3.63, 3.8) is 0 Å². The van der Waals surface area contributed by atoms with E-state index in [9.17, 15) is 14.3 Å². The van der Waals surface area contributed by atoms with Gasteiger partial charge in [0, 0.05) is 5.56 Å². The zero-order valence-electron chi connectivity index (χ0n) is 11.5. The second kappa shape index (κ2) is 5.33. The minimum Gasteiger partial charge on any atom is -0.507 e. The molecule has 0 fully saturated rings. The molecule has 0 atom stereocenters. The monoisotopic (exact) mass is 274 g/mol. The number of carbonyl (C=O) groups excluding carboxylic acids is 1. The van der Waals surface area contributed by atoms with Crippen molar-refractivity contribution in [1.29, 1.82) is 0 Å². The summed E-state index contributed by atoms with van der Waals surface area (Å²) in [6.07, 6.45) is 0. The molecule has 0 amide bonds. The fourth-order valence-corrected chi connectivity index (χ4v) is 2.19. The summed E-state index contributed by atoms with van der Waals surface area (Å²) in [6, 6.07) is 8.32. The Kier molecular flexibility index (Phi) is 3.74. The van der Waals surface area contributed by atoms with Crippen LogP contribution in [0.25, 0.3) is 11.1 Å². The van der Waals surface area contributed by atoms with Gasteiger partial charge in [-0.25, -0.2) is 9.18 Å². The molecule has 104 valence electrons. The van der Waals surface area contributed by atoms with E-state index in [1.54, 1.807) is 12.1 Å². The Morgan fingerprint density at radius 1 is 1.20 bits per heavy atom. The van der Waals surface area contributed by atoms with Crippen LogP contribution in [0.3, 0.4) is 0 Å². The summed E-state index contributed by atoms with van der Waals surface area (Å²) in [7, 11) is 1.20. The van der Waals surface area contributed by atoms with Crippen molar-refractivity contribution in [3.8, 4) is 16.9 Å². The summed E-state index contributed by atoms with van der Waals surface area (Å²) in [5.74, 6) is -1.58. The van der Waals surface area contributed by atoms with Gasteiger partial charge in [0.05, 0.1) is 7.11 Å². The summed E-state index contributed by atoms with van der Waals surface area (Å²) < 4.78 is 19.1. The highest BCUT2D eigenvalue weighted by Crippen LogP contribution is 2.36. The van der Waals surface area contributed by atoms with Gasteiger partial charge in [-0.1, -0.05) is 24.3 Å². The largest absolute Gasteiger partial charge is 0.507 e. The van der Waals surface area contributed by atoms with E-state index >= 15 is 0 Å². The van der Waals surface area contributed by atoms with E-state index in [2.05, 4.69) is 4.74 Å². The number of phenols is 1. The van der Waals surface area contributed by atoms with E-state index in [-0.39, 0.29) is 22.4 Å². The molecule has 2 aromatic rings. The first-order valence-corrected chi connectivity index (χ1v) is 6.13. The topological polar surface area (TPSA) is 46.5 Å². The first-order valence-electron chi connectivity index (χ1n) is 6.13. The van der Waals surface area contributed by atoms with E-state index in [0.29, 0.717) is 5.56 Å². The summed E-state index contributed by atoms with van der Waals surface area (Å²) >= 11 is 0. The van der Waals surface area contributed by atoms with Gasteiger partial charge in [-0.2, -0.15) is 0 Å². The van der Waals surface area contributed by atoms with Crippen LogP contribution in [0.4, 0.5) is 4.39 Å². The number of phenolic OH excluding ortho intramolecular Hbond substituents is 1. The van der Waals surface area contributed by atoms with Gasteiger partial charge in [0.1, 0.15) is 17.1 Å². The van der Waals surface area contributed by atoms with Crippen molar-refractivity contribution in [2.24, 2.45) is 0 Å². The van der Waals surface area contributed by atoms with Gasteiger partial charge in [-0.15, -0.1) is 0 Å². The van der Waals surface area contributed by atoms with Crippen molar-refractivity contribution in [2.45, 2.75) is 13.8 Å². The summed E-state index contributed by atoms with van der Waals surface area (Å²) in [6.45, 7) is 3.35. The molecular formula is C16H15FO3. The average Bonchev–Trinajstić information content (AvgIpc) is 2.42. The number of esters is 1. The molecule has 0 aliphatic rings. The van der Waals surface area contributed by atoms with Crippen LogP contribution >= 0.6 is 0 Å². The number of aryl methyl sites for hydroxylation is 2. The van der Waals surface area contributed by atoms with Crippen LogP contribution in [0.5, 0.6) is 5.75 Å². The van der Waals surface area contributed by atoms with Crippen molar-refractivity contribution in [2.75, 3.05) is 7.11 Å². The number of carbonyl (C=O) groups is 1. The zero-order chi connectivity index (χ0) is 14.9. The number of ether oxygens (including phenoxy) is 1. The lowest BCUT2D eigenvalue weighted by Crippen LogP contribution is -2.07. The van der Waals surface area contributed by atoms with Crippen LogP contribution < -0.4 is 0 Å². The smallest absolute Gasteiger partial charge is 0.342 e. The molecular weight excluding hydrogens is 259 g/mol. The number of halogens is 1. The lowest BCUT2D eigenvalue weighted by molar-refractivity contribution is 0.0598. The Labute approximate surface area is 116 Å². The molecule has 2 rings (SSSR count). The molecule has 0 unspecified atom stereocenters. The lowest BCUT2D eigenvalue weighted by atomic mass is 9.93. The molecule has 4 heteroatoms. The Morgan fingerprint density at radius 2 is 1.85 bits per heavy atom. The van der Waals surface area contributed by atoms with Crippen LogP contribution in [0.15, 0.2) is 30.3 Å². The van der Waals surface area contributed by atoms with E-state index < -0.39 is 11.8 Å². The van der Waals surface area contributed by atoms with Crippen molar-refractivity contribution < 1.29 is 19.0 Å². The third-order valence-electron chi connectivity index (χ3n) is 3.23. The number of rotatable bonds is 2. The molecule has 20 heavy (non-hydrogen) atoms. The first kappa shape index (κ1) is 14.1. The average molecular weight is 274 g/mol. The molecule has 0 saturated heterocycles. The SMILES string of the molecule is COC(=O)c1c(O)cc(C)c(F)c1-c1ccccc1C. The second-order valence-electron chi connectivity index (χ2n) is 4.58. The van der Waals surface area contributed by atoms with Crippen molar-refractivity contribution >= 4 is 5.97 Å². The van der Waals surface area contributed by atoms with Crippen LogP contribution in [0.1, 0.15) is 21.5 Å². The van der Waals surface area contributed by atoms with E-state index in [4.69, 9.17) is 0 Å². The van der Waals surface area contributed by atoms with Gasteiger partial charge in [0.2, 0.25) is 0 Å². The second-order valence-corrected chi connectivity index (χ2v) is 4.58. The van der Waals surface area contributed by atoms with Gasteiger partial charge in [-0.05, 0) is 36.6 Å². The Hall–Kier alpha value is -2.36. The predicted octanol–water partition coefficient (Wildman–Crippen LogP) is 3.60. The number of benzene rings is 2. The van der Waals surface area contributed by atoms with Gasteiger partial charge in [0.15, 0.2) is 0 Å². The minimum absolute atomic E-state index is 0.0763. The van der Waals surface area contributed by atoms with E-state index in [1.807, 2.05) is 19.1 Å². The van der Waals surface area contributed by atoms with Crippen molar-refractivity contribution in [3.05, 3.63) is 52.8 Å². The zero-order valence-corrected chi connectivity index (χ0v) is 11.5. The summed E-state index contributed by atoms with van der Waals surface area (Å²) in [5.41, 5.74) is 1.57. The maximum Gasteiger partial charge on any atom is 0.342 e. The quantitative estimate of drug-likeness (QED) is 0.851. The molecule has 0 aliphatic heterocycles. The number of hydrogen-bond acceptors (Lipinski definition) is 3. The minimum atomic E-state index is -0.764. The fraction of sp³-hybridized carbons (Fsp3) is 0.188. The molecule has 0 aliphatic carbocycles. The van der Waals surface area contributed by atoms with E-state index in [1.165, 1.54) is 20.1 Å². The summed E-state index contributed by atoms with van der Waals surface area (Å²) in [5, 5.41) is 9.98. The predicted molar refractivity (Wildman–Crippen MR) is 74.3 cm³/mol. The van der Waals surface area contributed by atoms with Crippen LogP contribution in [-0.4, -0.2) is 18.2 Å². The molecule has 1 N–H and O–H groups in total. The Bertz CT molecular complexity index is 678. The maximum absolute atomic E-state index is 14.5. The normalized spacial score (nSPS) is 10.4. The highest BCUT2D eigenvalue weighted by atomic mass is 19.1. The number of hydrogen-bond donors (Lipinski definition) is 1. The van der Waals surface area contributed by atoms with Gasteiger partial charge in [-0.3, -0.25) is 0 Å². The molecule has 3 nitrogen and oxygen atoms in total. The molecule has 0 spiro atoms. The third-order valence-corrected chi connectivity index (χ3v) is 3.23. The van der Waals surface area contributed by atoms with Gasteiger partial charge >= 0.3 is 5.97 Å². The molecule has 0 saturated carbocycles. The fourth-order valence-electron chi connectivity index (χ4n) is 2.19. The number of aromatic hydroxyl groups is 1. The Balaban J connectivity index is 2.86. The van der Waals surface area contributed by atoms with Gasteiger partial charge < -0.3 is 9.84 Å². The van der Waals surface area contributed by atoms with Crippen LogP contribution in [-0.2, 0) is 4.74 Å². The molecule has 0 bridgehead atoms. The molecule has 0 aromatic heterocycles. The third kappa shape index (κ3) is 2.25. The van der Waals surface area contributed by atoms with Crippen molar-refractivity contribution in [1.82, 2.24) is 0 Å². The summed E-state index contributed by atoms with van der Waals surface area (Å²) in [4.78, 5) is 11.9. The molecule has 2 aromatic carbocycles. The van der Waals surface area contributed by atoms with Crippen LogP contribution in [0.2, 0.25) is 0 Å². The number of methoxy groups -OCH3 is 1. The van der Waals surface area contributed by atoms with Gasteiger partial charge in [0.25, 0.3) is 0 Å². The highest BCUT2D eigenvalue weighted by Gasteiger charge is 2.24. The van der Waals surface area contributed by atoms with Crippen LogP contribution in [0, 0.1) is 19.7 Å². The first-order chi connectivity index (χ1) is 9.47. The van der Waals surface area contributed by atoms with E-state index in [0.717, 1.165) is 5.56 Å². The maximum atomic E-state index is 14.5. The lowest BCUT2D eigenvalue weighted by Gasteiger charge is -2.15. The standard InChI is InChI=1S/C16H15FO3/c1-9-6-4-5-7-11(9)13-14(16(19)20-3)12(18)8-10(2)15(13)17/h4-8,18H,1-3H3. The molecule has 0 radical (unpaired) electrons.